The topological polar surface area (TPSA) is 89.1 Å². The zero-order chi connectivity index (χ0) is 22.6. The second-order valence-corrected chi connectivity index (χ2v) is 6.62. The first-order valence-electron chi connectivity index (χ1n) is 9.14. The van der Waals surface area contributed by atoms with E-state index >= 15 is 0 Å². The minimum atomic E-state index is -4.79. The van der Waals surface area contributed by atoms with Gasteiger partial charge in [0.15, 0.2) is 11.5 Å². The molecule has 0 unspecified atom stereocenters. The SMILES string of the molecule is COc1ccc(N2C[C@H](NC(=O)Nc3ccc(OC(F)(F)F)cc3)CC2=O)cc1OC. The van der Waals surface area contributed by atoms with E-state index < -0.39 is 24.2 Å². The highest BCUT2D eigenvalue weighted by Crippen LogP contribution is 2.33. The van der Waals surface area contributed by atoms with Crippen LogP contribution in [0.3, 0.4) is 0 Å². The summed E-state index contributed by atoms with van der Waals surface area (Å²) < 4.78 is 50.8. The van der Waals surface area contributed by atoms with Crippen LogP contribution in [0.4, 0.5) is 29.3 Å². The lowest BCUT2D eigenvalue weighted by atomic mass is 10.2. The first kappa shape index (κ1) is 22.1. The Hall–Kier alpha value is -3.63. The summed E-state index contributed by atoms with van der Waals surface area (Å²) in [6, 6.07) is 8.75. The van der Waals surface area contributed by atoms with E-state index in [0.29, 0.717) is 17.2 Å². The molecule has 1 saturated heterocycles. The van der Waals surface area contributed by atoms with Crippen LogP contribution >= 0.6 is 0 Å². The third-order valence-electron chi connectivity index (χ3n) is 4.48. The zero-order valence-corrected chi connectivity index (χ0v) is 16.7. The summed E-state index contributed by atoms with van der Waals surface area (Å²) in [5.41, 5.74) is 0.876. The molecular weight excluding hydrogens is 419 g/mol. The summed E-state index contributed by atoms with van der Waals surface area (Å²) in [7, 11) is 3.00. The second-order valence-electron chi connectivity index (χ2n) is 6.62. The molecule has 1 aliphatic heterocycles. The van der Waals surface area contributed by atoms with Crippen LogP contribution in [0, 0.1) is 0 Å². The van der Waals surface area contributed by atoms with Crippen LogP contribution in [0.1, 0.15) is 6.42 Å². The van der Waals surface area contributed by atoms with Crippen LogP contribution in [0.15, 0.2) is 42.5 Å². The summed E-state index contributed by atoms with van der Waals surface area (Å²) >= 11 is 0. The molecule has 0 aliphatic carbocycles. The number of carbonyl (C=O) groups excluding carboxylic acids is 2. The number of alkyl halides is 3. The predicted octanol–water partition coefficient (Wildman–Crippen LogP) is 3.53. The maximum Gasteiger partial charge on any atom is 0.573 e. The highest BCUT2D eigenvalue weighted by atomic mass is 19.4. The number of rotatable bonds is 6. The van der Waals surface area contributed by atoms with Gasteiger partial charge < -0.3 is 29.7 Å². The molecule has 0 aromatic heterocycles. The maximum absolute atomic E-state index is 12.4. The average Bonchev–Trinajstić information content (AvgIpc) is 3.07. The van der Waals surface area contributed by atoms with Crippen molar-refractivity contribution in [3.8, 4) is 17.2 Å². The van der Waals surface area contributed by atoms with Gasteiger partial charge in [-0.2, -0.15) is 0 Å². The van der Waals surface area contributed by atoms with Crippen molar-refractivity contribution in [1.29, 1.82) is 0 Å². The number of hydrogen-bond acceptors (Lipinski definition) is 5. The van der Waals surface area contributed by atoms with Crippen LogP contribution in [0.2, 0.25) is 0 Å². The van der Waals surface area contributed by atoms with Gasteiger partial charge in [0.1, 0.15) is 5.75 Å². The van der Waals surface area contributed by atoms with Gasteiger partial charge in [-0.1, -0.05) is 0 Å². The van der Waals surface area contributed by atoms with Gasteiger partial charge in [-0.15, -0.1) is 13.2 Å². The number of nitrogens with one attached hydrogen (secondary N) is 2. The molecule has 0 radical (unpaired) electrons. The molecule has 0 bridgehead atoms. The molecule has 1 atom stereocenters. The molecule has 8 nitrogen and oxygen atoms in total. The van der Waals surface area contributed by atoms with Crippen molar-refractivity contribution in [2.24, 2.45) is 0 Å². The van der Waals surface area contributed by atoms with Gasteiger partial charge in [0.25, 0.3) is 0 Å². The van der Waals surface area contributed by atoms with Gasteiger partial charge in [0.05, 0.1) is 20.3 Å². The van der Waals surface area contributed by atoms with Gasteiger partial charge in [-0.25, -0.2) is 4.79 Å². The van der Waals surface area contributed by atoms with Crippen molar-refractivity contribution < 1.29 is 37.0 Å². The molecule has 3 rings (SSSR count). The normalized spacial score (nSPS) is 16.1. The summed E-state index contributed by atoms with van der Waals surface area (Å²) in [5.74, 6) is 0.426. The molecule has 2 aromatic rings. The Morgan fingerprint density at radius 1 is 1.06 bits per heavy atom. The van der Waals surface area contributed by atoms with E-state index in [2.05, 4.69) is 15.4 Å². The summed E-state index contributed by atoms with van der Waals surface area (Å²) in [5, 5.41) is 5.19. The Morgan fingerprint density at radius 2 is 1.74 bits per heavy atom. The highest BCUT2D eigenvalue weighted by Gasteiger charge is 2.32. The van der Waals surface area contributed by atoms with Crippen LogP contribution in [-0.4, -0.2) is 45.1 Å². The molecule has 3 amide bonds. The van der Waals surface area contributed by atoms with Gasteiger partial charge in [0.2, 0.25) is 5.91 Å². The summed E-state index contributed by atoms with van der Waals surface area (Å²) in [6.07, 6.45) is -4.69. The minimum Gasteiger partial charge on any atom is -0.493 e. The number of methoxy groups -OCH3 is 2. The number of anilines is 2. The lowest BCUT2D eigenvalue weighted by molar-refractivity contribution is -0.274. The monoisotopic (exact) mass is 439 g/mol. The molecule has 166 valence electrons. The molecule has 1 heterocycles. The molecule has 0 saturated carbocycles. The Labute approximate surface area is 175 Å². The molecule has 1 aliphatic rings. The van der Waals surface area contributed by atoms with Crippen molar-refractivity contribution in [1.82, 2.24) is 5.32 Å². The van der Waals surface area contributed by atoms with Gasteiger partial charge in [0, 0.05) is 30.4 Å². The number of amides is 3. The molecule has 31 heavy (non-hydrogen) atoms. The highest BCUT2D eigenvalue weighted by molar-refractivity contribution is 5.98. The first-order valence-corrected chi connectivity index (χ1v) is 9.14. The number of carbonyl (C=O) groups is 2. The smallest absolute Gasteiger partial charge is 0.493 e. The third kappa shape index (κ3) is 5.71. The van der Waals surface area contributed by atoms with Crippen LogP contribution in [0.25, 0.3) is 0 Å². The Bertz CT molecular complexity index is 950. The first-order chi connectivity index (χ1) is 14.7. The van der Waals surface area contributed by atoms with Crippen molar-refractivity contribution in [2.75, 3.05) is 31.0 Å². The van der Waals surface area contributed by atoms with E-state index in [4.69, 9.17) is 9.47 Å². The van der Waals surface area contributed by atoms with E-state index in [9.17, 15) is 22.8 Å². The number of nitrogens with zero attached hydrogens (tertiary/aromatic N) is 1. The van der Waals surface area contributed by atoms with Gasteiger partial charge in [-0.05, 0) is 36.4 Å². The fourth-order valence-electron chi connectivity index (χ4n) is 3.14. The quantitative estimate of drug-likeness (QED) is 0.719. The number of ether oxygens (including phenoxy) is 3. The lowest BCUT2D eigenvalue weighted by Crippen LogP contribution is -2.39. The average molecular weight is 439 g/mol. The minimum absolute atomic E-state index is 0.0973. The Kier molecular flexibility index (Phi) is 6.42. The molecule has 2 N–H and O–H groups in total. The predicted molar refractivity (Wildman–Crippen MR) is 106 cm³/mol. The largest absolute Gasteiger partial charge is 0.573 e. The molecule has 2 aromatic carbocycles. The molecule has 1 fully saturated rings. The Morgan fingerprint density at radius 3 is 2.35 bits per heavy atom. The van der Waals surface area contributed by atoms with E-state index in [1.54, 1.807) is 18.2 Å². The van der Waals surface area contributed by atoms with Crippen molar-refractivity contribution in [2.45, 2.75) is 18.8 Å². The summed E-state index contributed by atoms with van der Waals surface area (Å²) in [6.45, 7) is 0.250. The number of halogens is 3. The van der Waals surface area contributed by atoms with Crippen molar-refractivity contribution >= 4 is 23.3 Å². The fourth-order valence-corrected chi connectivity index (χ4v) is 3.14. The van der Waals surface area contributed by atoms with Crippen molar-refractivity contribution in [3.63, 3.8) is 0 Å². The third-order valence-corrected chi connectivity index (χ3v) is 4.48. The number of benzene rings is 2. The van der Waals surface area contributed by atoms with E-state index in [1.165, 1.54) is 31.3 Å². The lowest BCUT2D eigenvalue weighted by Gasteiger charge is -2.19. The summed E-state index contributed by atoms with van der Waals surface area (Å²) in [4.78, 5) is 26.1. The van der Waals surface area contributed by atoms with Gasteiger partial charge >= 0.3 is 12.4 Å². The van der Waals surface area contributed by atoms with Gasteiger partial charge in [-0.3, -0.25) is 4.79 Å². The zero-order valence-electron chi connectivity index (χ0n) is 16.7. The van der Waals surface area contributed by atoms with E-state index in [1.807, 2.05) is 0 Å². The fraction of sp³-hybridized carbons (Fsp3) is 0.300. The van der Waals surface area contributed by atoms with Crippen LogP contribution < -0.4 is 29.7 Å². The maximum atomic E-state index is 12.4. The van der Waals surface area contributed by atoms with Crippen LogP contribution in [0.5, 0.6) is 17.2 Å². The molecular formula is C20H20F3N3O5. The standard InChI is InChI=1S/C20H20F3N3O5/c1-29-16-8-5-14(10-17(16)30-2)26-11-13(9-18(26)27)25-19(28)24-12-3-6-15(7-4-12)31-20(21,22)23/h3-8,10,13H,9,11H2,1-2H3,(H2,24,25,28)/t13-/m1/s1. The van der Waals surface area contributed by atoms with Crippen LogP contribution in [-0.2, 0) is 4.79 Å². The second kappa shape index (κ2) is 9.02. The molecule has 11 heteroatoms. The van der Waals surface area contributed by atoms with E-state index in [-0.39, 0.29) is 24.6 Å². The number of urea groups is 1. The number of hydrogen-bond donors (Lipinski definition) is 2. The molecule has 0 spiro atoms. The van der Waals surface area contributed by atoms with Crippen molar-refractivity contribution in [3.05, 3.63) is 42.5 Å². The van der Waals surface area contributed by atoms with E-state index in [0.717, 1.165) is 12.1 Å². The Balaban J connectivity index is 1.58.